The van der Waals surface area contributed by atoms with Crippen LogP contribution in [0.5, 0.6) is 0 Å². The second kappa shape index (κ2) is 5.48. The maximum atomic E-state index is 9.92. The number of aromatic nitrogens is 1. The summed E-state index contributed by atoms with van der Waals surface area (Å²) in [6.45, 7) is 1.32. The van der Waals surface area contributed by atoms with E-state index in [1.54, 1.807) is 22.7 Å². The van der Waals surface area contributed by atoms with Crippen LogP contribution in [0.2, 0.25) is 0 Å². The zero-order chi connectivity index (χ0) is 12.4. The summed E-state index contributed by atoms with van der Waals surface area (Å²) in [6, 6.07) is 1.96. The molecule has 2 aromatic heterocycles. The van der Waals surface area contributed by atoms with Crippen LogP contribution in [0.4, 0.5) is 0 Å². The van der Waals surface area contributed by atoms with Gasteiger partial charge in [-0.15, -0.1) is 11.3 Å². The lowest BCUT2D eigenvalue weighted by Gasteiger charge is -2.09. The van der Waals surface area contributed by atoms with Gasteiger partial charge >= 0.3 is 0 Å². The van der Waals surface area contributed by atoms with Gasteiger partial charge in [0.1, 0.15) is 0 Å². The zero-order valence-corrected chi connectivity index (χ0v) is 11.6. The highest BCUT2D eigenvalue weighted by Gasteiger charge is 2.26. The van der Waals surface area contributed by atoms with E-state index in [0.29, 0.717) is 6.54 Å². The summed E-state index contributed by atoms with van der Waals surface area (Å²) in [5.41, 5.74) is 2.09. The monoisotopic (exact) mass is 280 g/mol. The predicted octanol–water partition coefficient (Wildman–Crippen LogP) is 2.91. The quantitative estimate of drug-likeness (QED) is 0.855. The summed E-state index contributed by atoms with van der Waals surface area (Å²) >= 11 is 3.38. The van der Waals surface area contributed by atoms with E-state index in [9.17, 15) is 5.11 Å². The smallest absolute Gasteiger partial charge is 0.0959 e. The van der Waals surface area contributed by atoms with E-state index in [1.165, 1.54) is 17.8 Å². The summed E-state index contributed by atoms with van der Waals surface area (Å²) in [5.74, 6) is 0.736. The molecule has 2 aromatic rings. The molecule has 0 saturated heterocycles. The van der Waals surface area contributed by atoms with Gasteiger partial charge in [-0.1, -0.05) is 0 Å². The van der Waals surface area contributed by atoms with Crippen molar-refractivity contribution in [3.8, 4) is 0 Å². The minimum absolute atomic E-state index is 0.419. The molecule has 2 heterocycles. The van der Waals surface area contributed by atoms with Gasteiger partial charge in [-0.2, -0.15) is 11.3 Å². The summed E-state index contributed by atoms with van der Waals surface area (Å²) in [4.78, 5) is 4.61. The van der Waals surface area contributed by atoms with Crippen molar-refractivity contribution in [1.82, 2.24) is 10.3 Å². The van der Waals surface area contributed by atoms with Crippen LogP contribution in [-0.4, -0.2) is 16.6 Å². The Hall–Kier alpha value is -0.750. The van der Waals surface area contributed by atoms with Crippen molar-refractivity contribution in [2.24, 2.45) is 0 Å². The van der Waals surface area contributed by atoms with Gasteiger partial charge in [0.25, 0.3) is 0 Å². The molecule has 3 nitrogen and oxygen atoms in total. The molecule has 1 unspecified atom stereocenters. The molecular weight excluding hydrogens is 264 g/mol. The zero-order valence-electron chi connectivity index (χ0n) is 10.0. The first kappa shape index (κ1) is 12.3. The Morgan fingerprint density at radius 3 is 3.06 bits per heavy atom. The minimum Gasteiger partial charge on any atom is -0.387 e. The van der Waals surface area contributed by atoms with E-state index in [-0.39, 0.29) is 0 Å². The molecule has 96 valence electrons. The third-order valence-corrected chi connectivity index (χ3v) is 4.83. The van der Waals surface area contributed by atoms with Crippen molar-refractivity contribution in [1.29, 1.82) is 0 Å². The van der Waals surface area contributed by atoms with E-state index in [0.717, 1.165) is 23.7 Å². The molecule has 2 N–H and O–H groups in total. The molecule has 0 radical (unpaired) electrons. The largest absolute Gasteiger partial charge is 0.387 e. The van der Waals surface area contributed by atoms with Crippen molar-refractivity contribution in [3.05, 3.63) is 38.5 Å². The van der Waals surface area contributed by atoms with Crippen molar-refractivity contribution in [2.45, 2.75) is 31.4 Å². The maximum Gasteiger partial charge on any atom is 0.0959 e. The highest BCUT2D eigenvalue weighted by molar-refractivity contribution is 7.09. The third-order valence-electron chi connectivity index (χ3n) is 3.07. The van der Waals surface area contributed by atoms with Crippen molar-refractivity contribution in [2.75, 3.05) is 6.54 Å². The molecule has 3 rings (SSSR count). The van der Waals surface area contributed by atoms with Crippen LogP contribution in [0.15, 0.2) is 22.2 Å². The van der Waals surface area contributed by atoms with Crippen LogP contribution < -0.4 is 5.32 Å². The average Bonchev–Trinajstić information content (AvgIpc) is 2.92. The van der Waals surface area contributed by atoms with Gasteiger partial charge in [0.2, 0.25) is 0 Å². The molecule has 5 heteroatoms. The minimum atomic E-state index is -0.419. The van der Waals surface area contributed by atoms with Crippen LogP contribution in [0, 0.1) is 0 Å². The van der Waals surface area contributed by atoms with Gasteiger partial charge < -0.3 is 10.4 Å². The molecule has 0 aliphatic heterocycles. The summed E-state index contributed by atoms with van der Waals surface area (Å²) in [7, 11) is 0. The Balaban J connectivity index is 1.46. The Kier molecular flexibility index (Phi) is 3.75. The first-order chi connectivity index (χ1) is 8.83. The molecule has 1 saturated carbocycles. The number of nitrogens with zero attached hydrogens (tertiary/aromatic N) is 1. The van der Waals surface area contributed by atoms with Crippen molar-refractivity contribution in [3.63, 3.8) is 0 Å². The highest BCUT2D eigenvalue weighted by Crippen LogP contribution is 2.41. The van der Waals surface area contributed by atoms with E-state index >= 15 is 0 Å². The maximum absolute atomic E-state index is 9.92. The van der Waals surface area contributed by atoms with E-state index in [2.05, 4.69) is 15.7 Å². The Morgan fingerprint density at radius 1 is 1.44 bits per heavy atom. The lowest BCUT2D eigenvalue weighted by molar-refractivity contribution is 0.174. The van der Waals surface area contributed by atoms with Crippen LogP contribution in [0.1, 0.15) is 41.1 Å². The van der Waals surface area contributed by atoms with Crippen LogP contribution in [-0.2, 0) is 6.54 Å². The van der Waals surface area contributed by atoms with E-state index in [4.69, 9.17) is 0 Å². The van der Waals surface area contributed by atoms with Crippen LogP contribution >= 0.6 is 22.7 Å². The molecule has 0 bridgehead atoms. The van der Waals surface area contributed by atoms with Crippen molar-refractivity contribution >= 4 is 22.7 Å². The fourth-order valence-corrected chi connectivity index (χ4v) is 3.54. The first-order valence-corrected chi connectivity index (χ1v) is 8.00. The SMILES string of the molecule is OC(CNCc1csc(C2CC2)n1)c1ccsc1. The Labute approximate surface area is 115 Å². The van der Waals surface area contributed by atoms with Crippen LogP contribution in [0.3, 0.4) is 0 Å². The standard InChI is InChI=1S/C13H16N2OS2/c16-12(10-3-4-17-7-10)6-14-5-11-8-18-13(15-11)9-1-2-9/h3-4,7-9,12,14,16H,1-2,5-6H2. The topological polar surface area (TPSA) is 45.1 Å². The number of thiophene rings is 1. The van der Waals surface area contributed by atoms with Gasteiger partial charge in [0.05, 0.1) is 16.8 Å². The Morgan fingerprint density at radius 2 is 2.33 bits per heavy atom. The summed E-state index contributed by atoms with van der Waals surface area (Å²) in [5, 5.41) is 20.6. The fraction of sp³-hybridized carbons (Fsp3) is 0.462. The third kappa shape index (κ3) is 2.98. The molecule has 0 aromatic carbocycles. The van der Waals surface area contributed by atoms with E-state index < -0.39 is 6.10 Å². The number of nitrogens with one attached hydrogen (secondary N) is 1. The van der Waals surface area contributed by atoms with Gasteiger partial charge in [-0.3, -0.25) is 0 Å². The van der Waals surface area contributed by atoms with Gasteiger partial charge in [0, 0.05) is 24.4 Å². The normalized spacial score (nSPS) is 16.9. The number of hydrogen-bond donors (Lipinski definition) is 2. The number of hydrogen-bond acceptors (Lipinski definition) is 5. The number of aliphatic hydroxyl groups is 1. The van der Waals surface area contributed by atoms with E-state index in [1.807, 2.05) is 16.8 Å². The van der Waals surface area contributed by atoms with Crippen LogP contribution in [0.25, 0.3) is 0 Å². The molecule has 18 heavy (non-hydrogen) atoms. The summed E-state index contributed by atoms with van der Waals surface area (Å²) < 4.78 is 0. The fourth-order valence-electron chi connectivity index (χ4n) is 1.84. The van der Waals surface area contributed by atoms with Crippen molar-refractivity contribution < 1.29 is 5.11 Å². The Bertz CT molecular complexity index is 491. The number of rotatable bonds is 6. The lowest BCUT2D eigenvalue weighted by atomic mass is 10.2. The van der Waals surface area contributed by atoms with Gasteiger partial charge in [-0.05, 0) is 35.2 Å². The number of aliphatic hydroxyl groups excluding tert-OH is 1. The molecule has 1 atom stereocenters. The molecule has 1 fully saturated rings. The molecular formula is C13H16N2OS2. The first-order valence-electron chi connectivity index (χ1n) is 6.18. The van der Waals surface area contributed by atoms with Gasteiger partial charge in [0.15, 0.2) is 0 Å². The second-order valence-corrected chi connectivity index (χ2v) is 6.32. The summed E-state index contributed by atoms with van der Waals surface area (Å²) in [6.07, 6.45) is 2.19. The highest BCUT2D eigenvalue weighted by atomic mass is 32.1. The molecule has 1 aliphatic rings. The molecule has 0 spiro atoms. The van der Waals surface area contributed by atoms with Gasteiger partial charge in [-0.25, -0.2) is 4.98 Å². The molecule has 1 aliphatic carbocycles. The molecule has 0 amide bonds. The predicted molar refractivity (Wildman–Crippen MR) is 75.1 cm³/mol. The average molecular weight is 280 g/mol. The lowest BCUT2D eigenvalue weighted by Crippen LogP contribution is -2.20. The second-order valence-electron chi connectivity index (χ2n) is 4.65. The number of thiazole rings is 1.